The summed E-state index contributed by atoms with van der Waals surface area (Å²) in [5.74, 6) is 6.82. The van der Waals surface area contributed by atoms with Gasteiger partial charge in [-0.25, -0.2) is 9.50 Å². The van der Waals surface area contributed by atoms with E-state index >= 15 is 0 Å². The summed E-state index contributed by atoms with van der Waals surface area (Å²) in [5.41, 5.74) is 11.9. The minimum absolute atomic E-state index is 0.110. The molecule has 9 nitrogen and oxygen atoms in total. The van der Waals surface area contributed by atoms with Gasteiger partial charge in [-0.1, -0.05) is 42.2 Å². The Balaban J connectivity index is 1.41. The Morgan fingerprint density at radius 3 is 2.69 bits per heavy atom. The molecule has 9 heteroatoms. The number of anilines is 1. The van der Waals surface area contributed by atoms with Crippen LogP contribution in [-0.4, -0.2) is 30.3 Å². The molecule has 6 rings (SSSR count). The third-order valence-electron chi connectivity index (χ3n) is 6.52. The molecule has 0 unspecified atom stereocenters. The standard InChI is InChI=1S/C30H25N7O2/c1-18-22(17-36(3)34-18)12-10-20-11-13-24-23(16-20)25(21-8-5-4-6-9-21)27(39-24)19(2)33-30(38)26-28(31)35-37-15-7-14-32-29(26)37/h4-9,11,13-17,19H,1-3H3,(H2,31,35)(H,33,38)/t19-/m1/s1. The van der Waals surface area contributed by atoms with E-state index in [2.05, 4.69) is 32.3 Å². The maximum absolute atomic E-state index is 13.3. The van der Waals surface area contributed by atoms with E-state index in [1.807, 2.05) is 75.6 Å². The van der Waals surface area contributed by atoms with E-state index in [9.17, 15) is 4.79 Å². The molecule has 3 N–H and O–H groups in total. The van der Waals surface area contributed by atoms with Gasteiger partial charge in [0.05, 0.1) is 17.3 Å². The fraction of sp³-hybridized carbons (Fsp3) is 0.133. The molecule has 0 saturated heterocycles. The van der Waals surface area contributed by atoms with Crippen LogP contribution in [0.2, 0.25) is 0 Å². The van der Waals surface area contributed by atoms with Crippen molar-refractivity contribution in [3.05, 3.63) is 101 Å². The SMILES string of the molecule is Cc1nn(C)cc1C#Cc1ccc2oc([C@@H](C)NC(=O)c3c(N)nn4cccnc34)c(-c3ccccc3)c2c1. The highest BCUT2D eigenvalue weighted by molar-refractivity contribution is 6.04. The van der Waals surface area contributed by atoms with E-state index in [1.165, 1.54) is 4.52 Å². The number of nitrogens with zero attached hydrogens (tertiary/aromatic N) is 5. The van der Waals surface area contributed by atoms with Crippen molar-refractivity contribution in [2.45, 2.75) is 19.9 Å². The number of carbonyl (C=O) groups excluding carboxylic acids is 1. The number of amides is 1. The number of fused-ring (bicyclic) bond motifs is 2. The molecule has 1 amide bonds. The fourth-order valence-corrected chi connectivity index (χ4v) is 4.72. The highest BCUT2D eigenvalue weighted by Gasteiger charge is 2.25. The highest BCUT2D eigenvalue weighted by atomic mass is 16.3. The predicted molar refractivity (Wildman–Crippen MR) is 149 cm³/mol. The molecule has 0 fully saturated rings. The summed E-state index contributed by atoms with van der Waals surface area (Å²) >= 11 is 0. The first-order chi connectivity index (χ1) is 18.9. The lowest BCUT2D eigenvalue weighted by molar-refractivity contribution is 0.0938. The Hall–Kier alpha value is -5.36. The topological polar surface area (TPSA) is 116 Å². The van der Waals surface area contributed by atoms with Crippen molar-refractivity contribution in [2.75, 3.05) is 5.73 Å². The molecule has 0 saturated carbocycles. The molecule has 0 radical (unpaired) electrons. The van der Waals surface area contributed by atoms with Gasteiger partial charge in [0.15, 0.2) is 11.5 Å². The minimum Gasteiger partial charge on any atom is -0.458 e. The molecule has 4 heterocycles. The molecule has 0 aliphatic rings. The Kier molecular flexibility index (Phi) is 5.85. The van der Waals surface area contributed by atoms with Crippen LogP contribution in [0.1, 0.15) is 45.9 Å². The van der Waals surface area contributed by atoms with E-state index in [0.717, 1.165) is 33.3 Å². The lowest BCUT2D eigenvalue weighted by Gasteiger charge is -2.14. The Morgan fingerprint density at radius 1 is 1.10 bits per heavy atom. The molecule has 192 valence electrons. The van der Waals surface area contributed by atoms with E-state index in [1.54, 1.807) is 23.1 Å². The fourth-order valence-electron chi connectivity index (χ4n) is 4.72. The van der Waals surface area contributed by atoms with Gasteiger partial charge in [0.25, 0.3) is 5.91 Å². The number of carbonyl (C=O) groups is 1. The number of hydrogen-bond acceptors (Lipinski definition) is 6. The molecule has 2 aromatic carbocycles. The Morgan fingerprint density at radius 2 is 1.92 bits per heavy atom. The van der Waals surface area contributed by atoms with E-state index in [-0.39, 0.29) is 17.3 Å². The molecular weight excluding hydrogens is 490 g/mol. The van der Waals surface area contributed by atoms with E-state index in [0.29, 0.717) is 17.0 Å². The van der Waals surface area contributed by atoms with Gasteiger partial charge in [0.1, 0.15) is 16.9 Å². The molecule has 4 aromatic heterocycles. The monoisotopic (exact) mass is 515 g/mol. The molecule has 0 aliphatic carbocycles. The zero-order chi connectivity index (χ0) is 27.1. The Bertz CT molecular complexity index is 1920. The first-order valence-electron chi connectivity index (χ1n) is 12.4. The number of aryl methyl sites for hydroxylation is 2. The van der Waals surface area contributed by atoms with Crippen molar-refractivity contribution in [2.24, 2.45) is 7.05 Å². The van der Waals surface area contributed by atoms with Gasteiger partial charge in [-0.05, 0) is 43.7 Å². The Labute approximate surface area is 224 Å². The first-order valence-corrected chi connectivity index (χ1v) is 12.4. The number of aromatic nitrogens is 5. The second kappa shape index (κ2) is 9.50. The molecule has 6 aromatic rings. The molecule has 0 spiro atoms. The number of nitrogens with one attached hydrogen (secondary N) is 1. The van der Waals surface area contributed by atoms with Crippen molar-refractivity contribution in [1.29, 1.82) is 0 Å². The van der Waals surface area contributed by atoms with E-state index in [4.69, 9.17) is 10.2 Å². The second-order valence-electron chi connectivity index (χ2n) is 9.31. The van der Waals surface area contributed by atoms with Crippen molar-refractivity contribution in [3.63, 3.8) is 0 Å². The van der Waals surface area contributed by atoms with Gasteiger partial charge in [0.2, 0.25) is 0 Å². The van der Waals surface area contributed by atoms with Crippen LogP contribution < -0.4 is 11.1 Å². The average Bonchev–Trinajstić information content (AvgIpc) is 3.58. The van der Waals surface area contributed by atoms with Gasteiger partial charge in [0, 0.05) is 42.2 Å². The maximum Gasteiger partial charge on any atom is 0.259 e. The van der Waals surface area contributed by atoms with Crippen LogP contribution in [0.5, 0.6) is 0 Å². The smallest absolute Gasteiger partial charge is 0.259 e. The zero-order valence-corrected chi connectivity index (χ0v) is 21.6. The zero-order valence-electron chi connectivity index (χ0n) is 21.6. The van der Waals surface area contributed by atoms with Gasteiger partial charge in [-0.3, -0.25) is 9.48 Å². The van der Waals surface area contributed by atoms with Crippen LogP contribution in [-0.2, 0) is 7.05 Å². The third-order valence-corrected chi connectivity index (χ3v) is 6.52. The van der Waals surface area contributed by atoms with Crippen LogP contribution in [0, 0.1) is 18.8 Å². The van der Waals surface area contributed by atoms with Crippen LogP contribution in [0.4, 0.5) is 5.82 Å². The normalized spacial score (nSPS) is 11.9. The van der Waals surface area contributed by atoms with Crippen molar-refractivity contribution in [3.8, 4) is 23.0 Å². The largest absolute Gasteiger partial charge is 0.458 e. The van der Waals surface area contributed by atoms with Crippen LogP contribution in [0.15, 0.2) is 77.6 Å². The summed E-state index contributed by atoms with van der Waals surface area (Å²) in [7, 11) is 1.88. The van der Waals surface area contributed by atoms with Gasteiger partial charge < -0.3 is 15.5 Å². The summed E-state index contributed by atoms with van der Waals surface area (Å²) in [6.07, 6.45) is 5.20. The average molecular weight is 516 g/mol. The van der Waals surface area contributed by atoms with Crippen LogP contribution in [0.3, 0.4) is 0 Å². The second-order valence-corrected chi connectivity index (χ2v) is 9.31. The van der Waals surface area contributed by atoms with Crippen LogP contribution >= 0.6 is 0 Å². The third kappa shape index (κ3) is 4.38. The van der Waals surface area contributed by atoms with Crippen molar-refractivity contribution >= 4 is 28.3 Å². The summed E-state index contributed by atoms with van der Waals surface area (Å²) in [5, 5.41) is 12.5. The molecule has 1 atom stereocenters. The summed E-state index contributed by atoms with van der Waals surface area (Å²) < 4.78 is 9.59. The van der Waals surface area contributed by atoms with Crippen molar-refractivity contribution < 1.29 is 9.21 Å². The summed E-state index contributed by atoms with van der Waals surface area (Å²) in [4.78, 5) is 17.6. The number of nitrogens with two attached hydrogens (primary N) is 1. The van der Waals surface area contributed by atoms with Gasteiger partial charge in [-0.2, -0.15) is 5.10 Å². The number of nitrogen functional groups attached to an aromatic ring is 1. The van der Waals surface area contributed by atoms with Gasteiger partial charge in [-0.15, -0.1) is 5.10 Å². The lowest BCUT2D eigenvalue weighted by Crippen LogP contribution is -2.27. The lowest BCUT2D eigenvalue weighted by atomic mass is 9.98. The molecule has 0 bridgehead atoms. The highest BCUT2D eigenvalue weighted by Crippen LogP contribution is 2.38. The number of rotatable bonds is 4. The molecule has 39 heavy (non-hydrogen) atoms. The first kappa shape index (κ1) is 24.0. The molecular formula is C30H25N7O2. The van der Waals surface area contributed by atoms with Gasteiger partial charge >= 0.3 is 0 Å². The predicted octanol–water partition coefficient (Wildman–Crippen LogP) is 4.66. The molecule has 0 aliphatic heterocycles. The maximum atomic E-state index is 13.3. The van der Waals surface area contributed by atoms with Crippen molar-refractivity contribution in [1.82, 2.24) is 29.7 Å². The summed E-state index contributed by atoms with van der Waals surface area (Å²) in [6, 6.07) is 17.1. The number of benzene rings is 2. The minimum atomic E-state index is -0.481. The van der Waals surface area contributed by atoms with E-state index < -0.39 is 6.04 Å². The summed E-state index contributed by atoms with van der Waals surface area (Å²) in [6.45, 7) is 3.82. The number of furan rings is 1. The van der Waals surface area contributed by atoms with Crippen LogP contribution in [0.25, 0.3) is 27.7 Å². The number of hydrogen-bond donors (Lipinski definition) is 2. The quantitative estimate of drug-likeness (QED) is 0.330.